The third-order valence-corrected chi connectivity index (χ3v) is 3.13. The van der Waals surface area contributed by atoms with Gasteiger partial charge in [-0.15, -0.1) is 0 Å². The van der Waals surface area contributed by atoms with Crippen LogP contribution in [0.15, 0.2) is 18.3 Å². The van der Waals surface area contributed by atoms with E-state index in [-0.39, 0.29) is 0 Å². The first kappa shape index (κ1) is 10.3. The first-order valence-electron chi connectivity index (χ1n) is 5.80. The predicted molar refractivity (Wildman–Crippen MR) is 66.4 cm³/mol. The smallest absolute Gasteiger partial charge is 0.0489 e. The molecule has 1 aromatic heterocycles. The largest absolute Gasteiger partial charge is 0.361 e. The molecule has 0 fully saturated rings. The van der Waals surface area contributed by atoms with Crippen LogP contribution in [0.5, 0.6) is 0 Å². The molecule has 2 aromatic rings. The Labute approximate surface area is 91.5 Å². The fraction of sp³-hybridized carbons (Fsp3) is 0.429. The number of rotatable bonds is 3. The van der Waals surface area contributed by atoms with Gasteiger partial charge in [-0.25, -0.2) is 0 Å². The van der Waals surface area contributed by atoms with Crippen molar-refractivity contribution in [2.75, 3.05) is 0 Å². The number of hydrogen-bond donors (Lipinski definition) is 1. The van der Waals surface area contributed by atoms with Gasteiger partial charge in [0.25, 0.3) is 0 Å². The second-order valence-electron chi connectivity index (χ2n) is 4.37. The van der Waals surface area contributed by atoms with Gasteiger partial charge in [0.2, 0.25) is 0 Å². The first-order chi connectivity index (χ1) is 7.24. The predicted octanol–water partition coefficient (Wildman–Crippen LogP) is 4.13. The minimum atomic E-state index is 1.20. The molecule has 1 nitrogen and oxygen atoms in total. The molecule has 1 heteroatoms. The monoisotopic (exact) mass is 201 g/mol. The Kier molecular flexibility index (Phi) is 2.81. The number of aryl methyl sites for hydroxylation is 3. The molecule has 0 amide bonds. The van der Waals surface area contributed by atoms with Crippen LogP contribution in [0.3, 0.4) is 0 Å². The summed E-state index contributed by atoms with van der Waals surface area (Å²) in [5.74, 6) is 0. The van der Waals surface area contributed by atoms with Gasteiger partial charge in [0.15, 0.2) is 0 Å². The Bertz CT molecular complexity index is 465. The fourth-order valence-corrected chi connectivity index (χ4v) is 2.21. The molecule has 80 valence electrons. The molecule has 1 aromatic carbocycles. The molecule has 0 atom stereocenters. The molecule has 0 aliphatic heterocycles. The molecule has 1 heterocycles. The molecule has 0 bridgehead atoms. The van der Waals surface area contributed by atoms with Gasteiger partial charge in [0.1, 0.15) is 0 Å². The number of benzene rings is 1. The van der Waals surface area contributed by atoms with Crippen LogP contribution in [0.1, 0.15) is 36.5 Å². The molecule has 0 saturated carbocycles. The van der Waals surface area contributed by atoms with Gasteiger partial charge < -0.3 is 4.98 Å². The number of unbranched alkanes of at least 4 members (excludes halogenated alkanes) is 1. The topological polar surface area (TPSA) is 15.8 Å². The standard InChI is InChI=1S/C14H19N/c1-4-5-6-12-9-15-14-11(3)8-7-10(2)13(12)14/h7-9,15H,4-6H2,1-3H3. The molecule has 0 unspecified atom stereocenters. The maximum atomic E-state index is 3.41. The van der Waals surface area contributed by atoms with Crippen LogP contribution in [-0.4, -0.2) is 4.98 Å². The highest BCUT2D eigenvalue weighted by Crippen LogP contribution is 2.26. The molecule has 0 saturated heterocycles. The van der Waals surface area contributed by atoms with Crippen molar-refractivity contribution >= 4 is 10.9 Å². The lowest BCUT2D eigenvalue weighted by molar-refractivity contribution is 0.798. The van der Waals surface area contributed by atoms with Gasteiger partial charge in [-0.1, -0.05) is 25.5 Å². The van der Waals surface area contributed by atoms with Gasteiger partial charge in [-0.2, -0.15) is 0 Å². The van der Waals surface area contributed by atoms with Crippen LogP contribution < -0.4 is 0 Å². The van der Waals surface area contributed by atoms with Crippen LogP contribution in [0.25, 0.3) is 10.9 Å². The van der Waals surface area contributed by atoms with E-state index in [9.17, 15) is 0 Å². The Balaban J connectivity index is 2.53. The van der Waals surface area contributed by atoms with Crippen molar-refractivity contribution in [1.29, 1.82) is 0 Å². The number of aromatic nitrogens is 1. The maximum absolute atomic E-state index is 3.41. The van der Waals surface area contributed by atoms with E-state index in [1.807, 2.05) is 0 Å². The number of hydrogen-bond acceptors (Lipinski definition) is 0. The fourth-order valence-electron chi connectivity index (χ4n) is 2.21. The maximum Gasteiger partial charge on any atom is 0.0489 e. The highest BCUT2D eigenvalue weighted by Gasteiger charge is 2.07. The minimum Gasteiger partial charge on any atom is -0.361 e. The summed E-state index contributed by atoms with van der Waals surface area (Å²) in [6.45, 7) is 6.61. The Hall–Kier alpha value is -1.24. The third-order valence-electron chi connectivity index (χ3n) is 3.13. The van der Waals surface area contributed by atoms with Gasteiger partial charge in [-0.05, 0) is 43.4 Å². The summed E-state index contributed by atoms with van der Waals surface area (Å²) in [5, 5.41) is 1.45. The lowest BCUT2D eigenvalue weighted by atomic mass is 10.0. The van der Waals surface area contributed by atoms with Gasteiger partial charge in [0, 0.05) is 17.1 Å². The average Bonchev–Trinajstić information content (AvgIpc) is 2.65. The highest BCUT2D eigenvalue weighted by atomic mass is 14.7. The van der Waals surface area contributed by atoms with Crippen molar-refractivity contribution in [3.05, 3.63) is 35.0 Å². The van der Waals surface area contributed by atoms with Crippen LogP contribution in [-0.2, 0) is 6.42 Å². The van der Waals surface area contributed by atoms with Crippen molar-refractivity contribution in [2.24, 2.45) is 0 Å². The number of nitrogens with one attached hydrogen (secondary N) is 1. The lowest BCUT2D eigenvalue weighted by Gasteiger charge is -2.03. The number of H-pyrrole nitrogens is 1. The van der Waals surface area contributed by atoms with E-state index in [0.717, 1.165) is 0 Å². The van der Waals surface area contributed by atoms with E-state index in [1.165, 1.54) is 46.9 Å². The Morgan fingerprint density at radius 3 is 2.60 bits per heavy atom. The molecule has 15 heavy (non-hydrogen) atoms. The minimum absolute atomic E-state index is 1.20. The second kappa shape index (κ2) is 4.09. The van der Waals surface area contributed by atoms with Crippen LogP contribution in [0.4, 0.5) is 0 Å². The SMILES string of the molecule is CCCCc1c[nH]c2c(C)ccc(C)c12. The van der Waals surface area contributed by atoms with Crippen molar-refractivity contribution in [1.82, 2.24) is 4.98 Å². The molecule has 0 aliphatic carbocycles. The summed E-state index contributed by atoms with van der Waals surface area (Å²) >= 11 is 0. The van der Waals surface area contributed by atoms with E-state index in [1.54, 1.807) is 0 Å². The van der Waals surface area contributed by atoms with E-state index in [2.05, 4.69) is 44.1 Å². The first-order valence-corrected chi connectivity index (χ1v) is 5.80. The van der Waals surface area contributed by atoms with Crippen LogP contribution in [0.2, 0.25) is 0 Å². The molecular weight excluding hydrogens is 182 g/mol. The number of fused-ring (bicyclic) bond motifs is 1. The number of aromatic amines is 1. The zero-order valence-corrected chi connectivity index (χ0v) is 9.85. The Morgan fingerprint density at radius 1 is 1.13 bits per heavy atom. The van der Waals surface area contributed by atoms with E-state index < -0.39 is 0 Å². The van der Waals surface area contributed by atoms with E-state index >= 15 is 0 Å². The summed E-state index contributed by atoms with van der Waals surface area (Å²) in [6, 6.07) is 4.42. The van der Waals surface area contributed by atoms with Crippen molar-refractivity contribution in [2.45, 2.75) is 40.0 Å². The van der Waals surface area contributed by atoms with Crippen molar-refractivity contribution in [3.63, 3.8) is 0 Å². The summed E-state index contributed by atoms with van der Waals surface area (Å²) in [6.07, 6.45) is 5.92. The zero-order valence-electron chi connectivity index (χ0n) is 9.85. The van der Waals surface area contributed by atoms with Gasteiger partial charge in [0.05, 0.1) is 0 Å². The quantitative estimate of drug-likeness (QED) is 0.768. The van der Waals surface area contributed by atoms with Crippen molar-refractivity contribution < 1.29 is 0 Å². The molecule has 2 rings (SSSR count). The molecule has 1 N–H and O–H groups in total. The second-order valence-corrected chi connectivity index (χ2v) is 4.37. The summed E-state index contributed by atoms with van der Waals surface area (Å²) in [5.41, 5.74) is 5.54. The van der Waals surface area contributed by atoms with Crippen LogP contribution >= 0.6 is 0 Å². The van der Waals surface area contributed by atoms with Gasteiger partial charge in [-0.3, -0.25) is 0 Å². The molecule has 0 aliphatic rings. The third kappa shape index (κ3) is 1.79. The van der Waals surface area contributed by atoms with E-state index in [0.29, 0.717) is 0 Å². The van der Waals surface area contributed by atoms with E-state index in [4.69, 9.17) is 0 Å². The average molecular weight is 201 g/mol. The Morgan fingerprint density at radius 2 is 1.87 bits per heavy atom. The highest BCUT2D eigenvalue weighted by molar-refractivity contribution is 5.88. The lowest BCUT2D eigenvalue weighted by Crippen LogP contribution is -1.85. The summed E-state index contributed by atoms with van der Waals surface area (Å²) in [4.78, 5) is 3.41. The van der Waals surface area contributed by atoms with Crippen molar-refractivity contribution in [3.8, 4) is 0 Å². The normalized spacial score (nSPS) is 11.1. The summed E-state index contributed by atoms with van der Waals surface area (Å²) < 4.78 is 0. The summed E-state index contributed by atoms with van der Waals surface area (Å²) in [7, 11) is 0. The zero-order chi connectivity index (χ0) is 10.8. The molecule has 0 radical (unpaired) electrons. The molecule has 0 spiro atoms. The molecular formula is C14H19N. The van der Waals surface area contributed by atoms with Crippen LogP contribution in [0, 0.1) is 13.8 Å². The van der Waals surface area contributed by atoms with Gasteiger partial charge >= 0.3 is 0 Å².